The second-order valence-electron chi connectivity index (χ2n) is 4.84. The van der Waals surface area contributed by atoms with Crippen LogP contribution in [0.5, 0.6) is 0 Å². The van der Waals surface area contributed by atoms with Crippen molar-refractivity contribution in [3.63, 3.8) is 0 Å². The minimum Gasteiger partial charge on any atom is -0.294 e. The fraction of sp³-hybridized carbons (Fsp3) is 0.188. The minimum absolute atomic E-state index is 0.158. The van der Waals surface area contributed by atoms with Crippen LogP contribution in [0.15, 0.2) is 54.6 Å². The Labute approximate surface area is 101 Å². The molecule has 2 aromatic carbocycles. The predicted molar refractivity (Wildman–Crippen MR) is 68.3 cm³/mol. The highest BCUT2D eigenvalue weighted by molar-refractivity contribution is 6.02. The lowest BCUT2D eigenvalue weighted by Gasteiger charge is -2.25. The summed E-state index contributed by atoms with van der Waals surface area (Å²) < 4.78 is 0. The summed E-state index contributed by atoms with van der Waals surface area (Å²) in [6.45, 7) is 2.16. The molecule has 0 bridgehead atoms. The first-order valence-corrected chi connectivity index (χ1v) is 5.90. The Kier molecular flexibility index (Phi) is 2.15. The lowest BCUT2D eigenvalue weighted by atomic mass is 9.77. The van der Waals surface area contributed by atoms with Crippen LogP contribution < -0.4 is 0 Å². The van der Waals surface area contributed by atoms with Crippen molar-refractivity contribution in [2.45, 2.75) is 18.8 Å². The molecule has 1 atom stereocenters. The molecule has 1 heteroatoms. The quantitative estimate of drug-likeness (QED) is 0.720. The molecule has 84 valence electrons. The van der Waals surface area contributed by atoms with Crippen molar-refractivity contribution in [3.05, 3.63) is 71.3 Å². The van der Waals surface area contributed by atoms with E-state index < -0.39 is 0 Å². The van der Waals surface area contributed by atoms with Crippen molar-refractivity contribution in [1.29, 1.82) is 0 Å². The van der Waals surface area contributed by atoms with Gasteiger partial charge in [-0.25, -0.2) is 0 Å². The fourth-order valence-electron chi connectivity index (χ4n) is 2.78. The van der Waals surface area contributed by atoms with Gasteiger partial charge in [0.05, 0.1) is 0 Å². The predicted octanol–water partition coefficient (Wildman–Crippen LogP) is 3.58. The molecule has 1 aliphatic rings. The summed E-state index contributed by atoms with van der Waals surface area (Å²) >= 11 is 0. The molecule has 1 aliphatic carbocycles. The van der Waals surface area contributed by atoms with Crippen LogP contribution in [0.2, 0.25) is 0 Å². The number of carbonyl (C=O) groups excluding carboxylic acids is 1. The molecule has 0 unspecified atom stereocenters. The zero-order chi connectivity index (χ0) is 11.9. The minimum atomic E-state index is -0.158. The largest absolute Gasteiger partial charge is 0.294 e. The Morgan fingerprint density at radius 3 is 2.35 bits per heavy atom. The number of rotatable bonds is 1. The molecule has 17 heavy (non-hydrogen) atoms. The molecule has 0 saturated carbocycles. The van der Waals surface area contributed by atoms with Gasteiger partial charge in [0.2, 0.25) is 0 Å². The van der Waals surface area contributed by atoms with Crippen molar-refractivity contribution < 1.29 is 4.79 Å². The zero-order valence-corrected chi connectivity index (χ0v) is 9.81. The summed E-state index contributed by atoms with van der Waals surface area (Å²) in [4.78, 5) is 12.1. The number of fused-ring (bicyclic) bond motifs is 1. The number of hydrogen-bond donors (Lipinski definition) is 0. The summed E-state index contributed by atoms with van der Waals surface area (Å²) in [7, 11) is 0. The van der Waals surface area contributed by atoms with Gasteiger partial charge >= 0.3 is 0 Å². The third-order valence-corrected chi connectivity index (χ3v) is 3.75. The second kappa shape index (κ2) is 3.56. The molecule has 0 aliphatic heterocycles. The van der Waals surface area contributed by atoms with Crippen molar-refractivity contribution in [3.8, 4) is 0 Å². The first-order chi connectivity index (χ1) is 8.22. The van der Waals surface area contributed by atoms with Gasteiger partial charge in [0.25, 0.3) is 0 Å². The normalized spacial score (nSPS) is 22.5. The van der Waals surface area contributed by atoms with Gasteiger partial charge < -0.3 is 0 Å². The Bertz CT molecular complexity index is 571. The Hall–Kier alpha value is -1.89. The van der Waals surface area contributed by atoms with Crippen LogP contribution in [0.4, 0.5) is 0 Å². The van der Waals surface area contributed by atoms with E-state index in [9.17, 15) is 4.79 Å². The van der Waals surface area contributed by atoms with Crippen molar-refractivity contribution >= 4 is 5.78 Å². The van der Waals surface area contributed by atoms with Gasteiger partial charge in [0.15, 0.2) is 5.78 Å². The first-order valence-electron chi connectivity index (χ1n) is 5.90. The summed E-state index contributed by atoms with van der Waals surface area (Å²) in [5.74, 6) is 0.256. The number of carbonyl (C=O) groups is 1. The highest BCUT2D eigenvalue weighted by Crippen LogP contribution is 2.43. The van der Waals surface area contributed by atoms with E-state index in [1.54, 1.807) is 0 Å². The summed E-state index contributed by atoms with van der Waals surface area (Å²) in [5, 5.41) is 0. The van der Waals surface area contributed by atoms with E-state index in [4.69, 9.17) is 0 Å². The molecule has 0 heterocycles. The van der Waals surface area contributed by atoms with Crippen LogP contribution in [0.3, 0.4) is 0 Å². The van der Waals surface area contributed by atoms with E-state index in [0.29, 0.717) is 6.42 Å². The molecule has 0 radical (unpaired) electrons. The Morgan fingerprint density at radius 1 is 0.941 bits per heavy atom. The maximum atomic E-state index is 12.1. The summed E-state index contributed by atoms with van der Waals surface area (Å²) in [6.07, 6.45) is 0.580. The zero-order valence-electron chi connectivity index (χ0n) is 9.81. The van der Waals surface area contributed by atoms with E-state index in [2.05, 4.69) is 25.1 Å². The second-order valence-corrected chi connectivity index (χ2v) is 4.84. The molecule has 0 fully saturated rings. The molecule has 0 saturated heterocycles. The van der Waals surface area contributed by atoms with Crippen LogP contribution in [0.25, 0.3) is 0 Å². The van der Waals surface area contributed by atoms with Crippen LogP contribution >= 0.6 is 0 Å². The van der Waals surface area contributed by atoms with E-state index in [1.165, 1.54) is 5.56 Å². The third kappa shape index (κ3) is 1.42. The maximum absolute atomic E-state index is 12.1. The lowest BCUT2D eigenvalue weighted by Crippen LogP contribution is -2.20. The highest BCUT2D eigenvalue weighted by Gasteiger charge is 2.40. The van der Waals surface area contributed by atoms with Gasteiger partial charge in [-0.3, -0.25) is 4.79 Å². The summed E-state index contributed by atoms with van der Waals surface area (Å²) in [6, 6.07) is 18.3. The third-order valence-electron chi connectivity index (χ3n) is 3.75. The molecule has 0 aromatic heterocycles. The number of benzene rings is 2. The van der Waals surface area contributed by atoms with Gasteiger partial charge in [-0.05, 0) is 11.1 Å². The standard InChI is InChI=1S/C16H14O/c1-16(12-7-3-2-4-8-12)11-15(17)13-9-5-6-10-14(13)16/h2-10H,11H2,1H3/t16-/m0/s1. The molecular formula is C16H14O. The maximum Gasteiger partial charge on any atom is 0.164 e. The number of Topliss-reactive ketones (excluding diaryl/α,β-unsaturated/α-hetero) is 1. The molecule has 1 nitrogen and oxygen atoms in total. The van der Waals surface area contributed by atoms with E-state index in [-0.39, 0.29) is 11.2 Å². The van der Waals surface area contributed by atoms with Gasteiger partial charge in [0.1, 0.15) is 0 Å². The molecule has 3 rings (SSSR count). The summed E-state index contributed by atoms with van der Waals surface area (Å²) in [5.41, 5.74) is 3.11. The SMILES string of the molecule is C[C@@]1(c2ccccc2)CC(=O)c2ccccc21. The topological polar surface area (TPSA) is 17.1 Å². The van der Waals surface area contributed by atoms with Crippen LogP contribution in [-0.4, -0.2) is 5.78 Å². The molecular weight excluding hydrogens is 208 g/mol. The van der Waals surface area contributed by atoms with E-state index >= 15 is 0 Å². The van der Waals surface area contributed by atoms with Gasteiger partial charge in [0, 0.05) is 17.4 Å². The number of hydrogen-bond acceptors (Lipinski definition) is 1. The fourth-order valence-corrected chi connectivity index (χ4v) is 2.78. The number of ketones is 1. The van der Waals surface area contributed by atoms with E-state index in [0.717, 1.165) is 11.1 Å². The van der Waals surface area contributed by atoms with Crippen molar-refractivity contribution in [2.75, 3.05) is 0 Å². The van der Waals surface area contributed by atoms with Gasteiger partial charge in [-0.15, -0.1) is 0 Å². The average Bonchev–Trinajstić information content (AvgIpc) is 2.65. The molecule has 0 N–H and O–H groups in total. The van der Waals surface area contributed by atoms with Crippen LogP contribution in [-0.2, 0) is 5.41 Å². The van der Waals surface area contributed by atoms with Gasteiger partial charge in [-0.2, -0.15) is 0 Å². The monoisotopic (exact) mass is 222 g/mol. The molecule has 2 aromatic rings. The lowest BCUT2D eigenvalue weighted by molar-refractivity contribution is 0.0982. The average molecular weight is 222 g/mol. The molecule has 0 spiro atoms. The van der Waals surface area contributed by atoms with Crippen LogP contribution in [0, 0.1) is 0 Å². The first kappa shape index (κ1) is 10.3. The van der Waals surface area contributed by atoms with E-state index in [1.807, 2.05) is 36.4 Å². The van der Waals surface area contributed by atoms with Gasteiger partial charge in [-0.1, -0.05) is 61.5 Å². The highest BCUT2D eigenvalue weighted by atomic mass is 16.1. The smallest absolute Gasteiger partial charge is 0.164 e. The van der Waals surface area contributed by atoms with Crippen LogP contribution in [0.1, 0.15) is 34.8 Å². The van der Waals surface area contributed by atoms with Crippen molar-refractivity contribution in [2.24, 2.45) is 0 Å². The van der Waals surface area contributed by atoms with Crippen molar-refractivity contribution in [1.82, 2.24) is 0 Å². The Morgan fingerprint density at radius 2 is 1.59 bits per heavy atom. The Balaban J connectivity index is 2.21. The molecule has 0 amide bonds.